The van der Waals surface area contributed by atoms with Gasteiger partial charge in [0.25, 0.3) is 5.89 Å². The summed E-state index contributed by atoms with van der Waals surface area (Å²) in [4.78, 5) is 4.14. The third-order valence-electron chi connectivity index (χ3n) is 2.52. The van der Waals surface area contributed by atoms with E-state index in [0.29, 0.717) is 17.0 Å². The summed E-state index contributed by atoms with van der Waals surface area (Å²) in [7, 11) is 1.47. The van der Waals surface area contributed by atoms with Gasteiger partial charge in [0.1, 0.15) is 0 Å². The van der Waals surface area contributed by atoms with Crippen molar-refractivity contribution >= 4 is 0 Å². The zero-order valence-corrected chi connectivity index (χ0v) is 9.86. The standard InChI is InChI=1S/C11H9N5O3/c1-18-8-4-2-3-6(9(8)17)11-13-10(15-19-11)7-5-12-16-14-7/h2-5,17H,1H3,(H,12,14,16). The molecule has 2 aromatic heterocycles. The summed E-state index contributed by atoms with van der Waals surface area (Å²) in [5.41, 5.74) is 0.846. The number of hydrogen-bond acceptors (Lipinski definition) is 7. The molecular formula is C11H9N5O3. The van der Waals surface area contributed by atoms with Crippen molar-refractivity contribution in [2.75, 3.05) is 7.11 Å². The van der Waals surface area contributed by atoms with Gasteiger partial charge in [-0.2, -0.15) is 20.4 Å². The summed E-state index contributed by atoms with van der Waals surface area (Å²) in [5, 5.41) is 23.7. The molecule has 0 radical (unpaired) electrons. The highest BCUT2D eigenvalue weighted by Crippen LogP contribution is 2.36. The smallest absolute Gasteiger partial charge is 0.262 e. The van der Waals surface area contributed by atoms with Crippen molar-refractivity contribution in [3.05, 3.63) is 24.4 Å². The first-order chi connectivity index (χ1) is 9.29. The largest absolute Gasteiger partial charge is 0.504 e. The van der Waals surface area contributed by atoms with Crippen LogP contribution in [0.2, 0.25) is 0 Å². The lowest BCUT2D eigenvalue weighted by Gasteiger charge is -2.04. The zero-order valence-electron chi connectivity index (χ0n) is 9.86. The van der Waals surface area contributed by atoms with Crippen molar-refractivity contribution in [2.45, 2.75) is 0 Å². The molecule has 2 N–H and O–H groups in total. The Balaban J connectivity index is 2.04. The molecular weight excluding hydrogens is 250 g/mol. The van der Waals surface area contributed by atoms with Crippen LogP contribution in [0.15, 0.2) is 28.9 Å². The molecule has 0 bridgehead atoms. The number of nitrogens with zero attached hydrogens (tertiary/aromatic N) is 4. The number of aromatic nitrogens is 5. The predicted octanol–water partition coefficient (Wildman–Crippen LogP) is 1.24. The first kappa shape index (κ1) is 11.2. The number of rotatable bonds is 3. The average molecular weight is 259 g/mol. The first-order valence-corrected chi connectivity index (χ1v) is 5.36. The average Bonchev–Trinajstić information content (AvgIpc) is 3.09. The molecule has 0 spiro atoms. The fourth-order valence-electron chi connectivity index (χ4n) is 1.61. The van der Waals surface area contributed by atoms with Gasteiger partial charge in [-0.05, 0) is 12.1 Å². The zero-order chi connectivity index (χ0) is 13.2. The number of hydrogen-bond donors (Lipinski definition) is 2. The Hall–Kier alpha value is -2.90. The molecule has 19 heavy (non-hydrogen) atoms. The maximum atomic E-state index is 10.00. The van der Waals surface area contributed by atoms with E-state index in [4.69, 9.17) is 9.26 Å². The van der Waals surface area contributed by atoms with Crippen LogP contribution in [0.3, 0.4) is 0 Å². The van der Waals surface area contributed by atoms with Crippen molar-refractivity contribution in [1.82, 2.24) is 25.6 Å². The summed E-state index contributed by atoms with van der Waals surface area (Å²) >= 11 is 0. The van der Waals surface area contributed by atoms with Gasteiger partial charge in [-0.15, -0.1) is 0 Å². The lowest BCUT2D eigenvalue weighted by atomic mass is 10.2. The lowest BCUT2D eigenvalue weighted by molar-refractivity contribution is 0.371. The number of aromatic amines is 1. The van der Waals surface area contributed by atoms with E-state index in [1.165, 1.54) is 13.3 Å². The Morgan fingerprint density at radius 3 is 3.00 bits per heavy atom. The third-order valence-corrected chi connectivity index (χ3v) is 2.52. The van der Waals surface area contributed by atoms with E-state index in [2.05, 4.69) is 25.6 Å². The number of phenolic OH excluding ortho intramolecular Hbond substituents is 1. The van der Waals surface area contributed by atoms with E-state index in [0.717, 1.165) is 0 Å². The molecule has 3 aromatic rings. The van der Waals surface area contributed by atoms with Crippen LogP contribution in [0, 0.1) is 0 Å². The Labute approximate surface area is 107 Å². The highest BCUT2D eigenvalue weighted by molar-refractivity contribution is 5.67. The second kappa shape index (κ2) is 4.41. The van der Waals surface area contributed by atoms with E-state index in [-0.39, 0.29) is 17.5 Å². The Morgan fingerprint density at radius 1 is 1.37 bits per heavy atom. The number of benzene rings is 1. The van der Waals surface area contributed by atoms with Gasteiger partial charge in [-0.3, -0.25) is 0 Å². The molecule has 0 aliphatic rings. The van der Waals surface area contributed by atoms with Crippen LogP contribution in [-0.2, 0) is 0 Å². The topological polar surface area (TPSA) is 110 Å². The van der Waals surface area contributed by atoms with Crippen molar-refractivity contribution < 1.29 is 14.4 Å². The molecule has 0 saturated carbocycles. The molecule has 8 nitrogen and oxygen atoms in total. The first-order valence-electron chi connectivity index (χ1n) is 5.36. The molecule has 96 valence electrons. The van der Waals surface area contributed by atoms with E-state index >= 15 is 0 Å². The van der Waals surface area contributed by atoms with Gasteiger partial charge in [0, 0.05) is 0 Å². The van der Waals surface area contributed by atoms with E-state index in [1.54, 1.807) is 18.2 Å². The molecule has 0 aliphatic carbocycles. The van der Waals surface area contributed by atoms with Crippen molar-refractivity contribution in [2.24, 2.45) is 0 Å². The quantitative estimate of drug-likeness (QED) is 0.727. The summed E-state index contributed by atoms with van der Waals surface area (Å²) in [6, 6.07) is 5.00. The molecule has 0 unspecified atom stereocenters. The molecule has 0 amide bonds. The van der Waals surface area contributed by atoms with Crippen LogP contribution in [0.4, 0.5) is 0 Å². The predicted molar refractivity (Wildman–Crippen MR) is 63.3 cm³/mol. The lowest BCUT2D eigenvalue weighted by Crippen LogP contribution is -1.86. The van der Waals surface area contributed by atoms with Crippen LogP contribution in [-0.4, -0.2) is 37.8 Å². The number of nitrogens with one attached hydrogen (secondary N) is 1. The van der Waals surface area contributed by atoms with Crippen LogP contribution < -0.4 is 4.74 Å². The van der Waals surface area contributed by atoms with Gasteiger partial charge in [0.05, 0.1) is 18.9 Å². The summed E-state index contributed by atoms with van der Waals surface area (Å²) < 4.78 is 10.1. The molecule has 0 fully saturated rings. The highest BCUT2D eigenvalue weighted by Gasteiger charge is 2.17. The minimum atomic E-state index is -0.0552. The second-order valence-corrected chi connectivity index (χ2v) is 3.63. The number of methoxy groups -OCH3 is 1. The minimum absolute atomic E-state index is 0.0552. The summed E-state index contributed by atoms with van der Waals surface area (Å²) in [5.74, 6) is 0.736. The van der Waals surface area contributed by atoms with E-state index in [1.807, 2.05) is 0 Å². The van der Waals surface area contributed by atoms with Gasteiger partial charge in [-0.25, -0.2) is 0 Å². The third kappa shape index (κ3) is 1.88. The molecule has 2 heterocycles. The summed E-state index contributed by atoms with van der Waals surface area (Å²) in [6.07, 6.45) is 1.47. The van der Waals surface area contributed by atoms with Crippen LogP contribution >= 0.6 is 0 Å². The Bertz CT molecular complexity index is 692. The minimum Gasteiger partial charge on any atom is -0.504 e. The normalized spacial score (nSPS) is 10.6. The van der Waals surface area contributed by atoms with Gasteiger partial charge >= 0.3 is 0 Å². The molecule has 8 heteroatoms. The maximum absolute atomic E-state index is 10.00. The van der Waals surface area contributed by atoms with Crippen LogP contribution in [0.5, 0.6) is 11.5 Å². The van der Waals surface area contributed by atoms with Crippen molar-refractivity contribution in [3.8, 4) is 34.5 Å². The van der Waals surface area contributed by atoms with Gasteiger partial charge < -0.3 is 14.4 Å². The Morgan fingerprint density at radius 2 is 2.26 bits per heavy atom. The number of para-hydroxylation sites is 1. The van der Waals surface area contributed by atoms with Crippen LogP contribution in [0.25, 0.3) is 23.0 Å². The fraction of sp³-hybridized carbons (Fsp3) is 0.0909. The summed E-state index contributed by atoms with van der Waals surface area (Å²) in [6.45, 7) is 0. The fourth-order valence-corrected chi connectivity index (χ4v) is 1.61. The van der Waals surface area contributed by atoms with E-state index in [9.17, 15) is 5.11 Å². The molecule has 0 atom stereocenters. The molecule has 0 aliphatic heterocycles. The van der Waals surface area contributed by atoms with Gasteiger partial charge in [0.2, 0.25) is 5.82 Å². The number of aromatic hydroxyl groups is 1. The van der Waals surface area contributed by atoms with Gasteiger partial charge in [-0.1, -0.05) is 11.2 Å². The highest BCUT2D eigenvalue weighted by atomic mass is 16.5. The van der Waals surface area contributed by atoms with E-state index < -0.39 is 0 Å². The van der Waals surface area contributed by atoms with Gasteiger partial charge in [0.15, 0.2) is 17.2 Å². The number of phenols is 1. The maximum Gasteiger partial charge on any atom is 0.262 e. The second-order valence-electron chi connectivity index (χ2n) is 3.63. The molecule has 0 saturated heterocycles. The SMILES string of the molecule is COc1cccc(-c2nc(-c3cn[nH]n3)no2)c1O. The molecule has 1 aromatic carbocycles. The van der Waals surface area contributed by atoms with Crippen LogP contribution in [0.1, 0.15) is 0 Å². The number of ether oxygens (including phenoxy) is 1. The Kier molecular flexibility index (Phi) is 2.60. The molecule has 3 rings (SSSR count). The number of H-pyrrole nitrogens is 1. The monoisotopic (exact) mass is 259 g/mol. The van der Waals surface area contributed by atoms with Crippen molar-refractivity contribution in [3.63, 3.8) is 0 Å². The van der Waals surface area contributed by atoms with Crippen molar-refractivity contribution in [1.29, 1.82) is 0 Å².